The fourth-order valence-corrected chi connectivity index (χ4v) is 7.06. The number of ketones is 1. The lowest BCUT2D eigenvalue weighted by molar-refractivity contribution is 0.0594. The molecule has 1 unspecified atom stereocenters. The average molecular weight is 633 g/mol. The highest BCUT2D eigenvalue weighted by Gasteiger charge is 2.41. The first-order valence-electron chi connectivity index (χ1n) is 18.3. The molecule has 2 aromatic rings. The summed E-state index contributed by atoms with van der Waals surface area (Å²) in [6, 6.07) is 16.2. The molecule has 2 heterocycles. The number of Topliss-reactive ketones (excluding diaryl/α,β-unsaturated/α-hetero) is 1. The maximum absolute atomic E-state index is 14.6. The van der Waals surface area contributed by atoms with E-state index in [9.17, 15) is 9.59 Å². The van der Waals surface area contributed by atoms with Gasteiger partial charge in [-0.1, -0.05) is 83.8 Å². The molecule has 0 radical (unpaired) electrons. The molecule has 0 saturated carbocycles. The van der Waals surface area contributed by atoms with Crippen molar-refractivity contribution in [2.75, 3.05) is 71.0 Å². The van der Waals surface area contributed by atoms with Gasteiger partial charge in [0.2, 0.25) is 0 Å². The molecule has 2 aliphatic heterocycles. The largest absolute Gasteiger partial charge is 0.378 e. The van der Waals surface area contributed by atoms with E-state index >= 15 is 0 Å². The summed E-state index contributed by atoms with van der Waals surface area (Å²) in [7, 11) is 2.14. The molecule has 2 saturated heterocycles. The van der Waals surface area contributed by atoms with Gasteiger partial charge < -0.3 is 19.9 Å². The van der Waals surface area contributed by atoms with Crippen molar-refractivity contribution < 1.29 is 14.3 Å². The van der Waals surface area contributed by atoms with Gasteiger partial charge in [0.15, 0.2) is 5.78 Å². The van der Waals surface area contributed by atoms with Crippen LogP contribution in [0.2, 0.25) is 0 Å². The van der Waals surface area contributed by atoms with Crippen LogP contribution in [-0.4, -0.2) is 93.1 Å². The zero-order valence-electron chi connectivity index (χ0n) is 29.0. The van der Waals surface area contributed by atoms with Crippen LogP contribution in [0.1, 0.15) is 111 Å². The second-order valence-corrected chi connectivity index (χ2v) is 13.4. The monoisotopic (exact) mass is 632 g/mol. The van der Waals surface area contributed by atoms with Gasteiger partial charge >= 0.3 is 0 Å². The Labute approximate surface area is 279 Å². The molecule has 0 spiro atoms. The third-order valence-corrected chi connectivity index (χ3v) is 10.2. The van der Waals surface area contributed by atoms with Gasteiger partial charge in [-0.05, 0) is 74.8 Å². The standard InChI is InChI=1S/C39H60N4O3/c1-4-6-7-8-9-10-11-12-13-14-25-41(3)39(5-2,37(44)34-19-21-36(22-20-34)42-28-30-46-31-29-42)32-33-15-17-35(18-16-33)38(45)43-26-23-40-24-27-43/h15-22,40H,4-14,23-32H2,1-3H3. The van der Waals surface area contributed by atoms with Gasteiger partial charge in [-0.2, -0.15) is 0 Å². The molecule has 0 aliphatic carbocycles. The van der Waals surface area contributed by atoms with Crippen LogP contribution < -0.4 is 10.2 Å². The van der Waals surface area contributed by atoms with Gasteiger partial charge in [0.25, 0.3) is 5.91 Å². The van der Waals surface area contributed by atoms with Gasteiger partial charge in [0.05, 0.1) is 18.8 Å². The molecular formula is C39H60N4O3. The molecule has 0 bridgehead atoms. The summed E-state index contributed by atoms with van der Waals surface area (Å²) >= 11 is 0. The number of hydrogen-bond acceptors (Lipinski definition) is 6. The fraction of sp³-hybridized carbons (Fsp3) is 0.641. The summed E-state index contributed by atoms with van der Waals surface area (Å²) in [4.78, 5) is 34.2. The van der Waals surface area contributed by atoms with E-state index in [-0.39, 0.29) is 11.7 Å². The number of carbonyl (C=O) groups excluding carboxylic acids is 2. The summed E-state index contributed by atoms with van der Waals surface area (Å²) in [6.45, 7) is 11.7. The van der Waals surface area contributed by atoms with E-state index in [4.69, 9.17) is 4.74 Å². The highest BCUT2D eigenvalue weighted by molar-refractivity contribution is 6.03. The molecule has 1 amide bonds. The predicted molar refractivity (Wildman–Crippen MR) is 190 cm³/mol. The van der Waals surface area contributed by atoms with Gasteiger partial charge in [-0.15, -0.1) is 0 Å². The quantitative estimate of drug-likeness (QED) is 0.133. The van der Waals surface area contributed by atoms with Crippen LogP contribution in [-0.2, 0) is 11.2 Å². The first-order chi connectivity index (χ1) is 22.5. The normalized spacial score (nSPS) is 16.9. The minimum atomic E-state index is -0.663. The van der Waals surface area contributed by atoms with Crippen LogP contribution in [0.15, 0.2) is 48.5 Å². The number of carbonyl (C=O) groups is 2. The lowest BCUT2D eigenvalue weighted by Crippen LogP contribution is -2.54. The molecule has 2 fully saturated rings. The molecule has 254 valence electrons. The molecular weight excluding hydrogens is 572 g/mol. The van der Waals surface area contributed by atoms with E-state index in [0.717, 1.165) is 87.8 Å². The van der Waals surface area contributed by atoms with Crippen molar-refractivity contribution in [3.63, 3.8) is 0 Å². The third-order valence-electron chi connectivity index (χ3n) is 10.2. The Morgan fingerprint density at radius 1 is 0.761 bits per heavy atom. The molecule has 0 aromatic heterocycles. The van der Waals surface area contributed by atoms with Crippen LogP contribution in [0.4, 0.5) is 5.69 Å². The number of anilines is 1. The smallest absolute Gasteiger partial charge is 0.253 e. The lowest BCUT2D eigenvalue weighted by Gasteiger charge is -2.41. The van der Waals surface area contributed by atoms with Crippen LogP contribution >= 0.6 is 0 Å². The van der Waals surface area contributed by atoms with Crippen LogP contribution in [0, 0.1) is 0 Å². The van der Waals surface area contributed by atoms with Crippen LogP contribution in [0.5, 0.6) is 0 Å². The summed E-state index contributed by atoms with van der Waals surface area (Å²) in [5, 5.41) is 3.31. The number of unbranched alkanes of at least 4 members (excludes halogenated alkanes) is 9. The van der Waals surface area contributed by atoms with E-state index < -0.39 is 5.54 Å². The number of nitrogens with zero attached hydrogens (tertiary/aromatic N) is 3. The number of rotatable bonds is 19. The number of amides is 1. The van der Waals surface area contributed by atoms with Crippen molar-refractivity contribution >= 4 is 17.4 Å². The Kier molecular flexibility index (Phi) is 15.0. The maximum atomic E-state index is 14.6. The van der Waals surface area contributed by atoms with Gasteiger partial charge in [-0.3, -0.25) is 14.5 Å². The van der Waals surface area contributed by atoms with Gasteiger partial charge in [0, 0.05) is 56.1 Å². The Morgan fingerprint density at radius 3 is 1.91 bits per heavy atom. The Balaban J connectivity index is 1.44. The minimum Gasteiger partial charge on any atom is -0.378 e. The molecule has 2 aliphatic rings. The fourth-order valence-electron chi connectivity index (χ4n) is 7.06. The Hall–Kier alpha value is -2.74. The third kappa shape index (κ3) is 10.1. The van der Waals surface area contributed by atoms with Crippen molar-refractivity contribution in [1.29, 1.82) is 0 Å². The highest BCUT2D eigenvalue weighted by Crippen LogP contribution is 2.31. The van der Waals surface area contributed by atoms with Crippen molar-refractivity contribution in [1.82, 2.24) is 15.1 Å². The Morgan fingerprint density at radius 2 is 1.33 bits per heavy atom. The Bertz CT molecular complexity index is 1170. The maximum Gasteiger partial charge on any atom is 0.253 e. The van der Waals surface area contributed by atoms with E-state index in [1.807, 2.05) is 29.2 Å². The molecule has 46 heavy (non-hydrogen) atoms. The highest BCUT2D eigenvalue weighted by atomic mass is 16.5. The molecule has 7 heteroatoms. The van der Waals surface area contributed by atoms with Crippen LogP contribution in [0.3, 0.4) is 0 Å². The van der Waals surface area contributed by atoms with Crippen molar-refractivity contribution in [3.05, 3.63) is 65.2 Å². The summed E-state index contributed by atoms with van der Waals surface area (Å²) in [6.07, 6.45) is 14.3. The zero-order chi connectivity index (χ0) is 32.6. The second kappa shape index (κ2) is 19.2. The molecule has 2 aromatic carbocycles. The topological polar surface area (TPSA) is 65.1 Å². The van der Waals surface area contributed by atoms with Crippen molar-refractivity contribution in [2.45, 2.75) is 96.4 Å². The number of piperazine rings is 1. The summed E-state index contributed by atoms with van der Waals surface area (Å²) < 4.78 is 5.53. The molecule has 4 rings (SSSR count). The van der Waals surface area contributed by atoms with Crippen molar-refractivity contribution in [3.8, 4) is 0 Å². The number of ether oxygens (including phenoxy) is 1. The van der Waals surface area contributed by atoms with E-state index in [0.29, 0.717) is 12.8 Å². The number of likely N-dealkylation sites (N-methyl/N-ethyl adjacent to an activating group) is 1. The average Bonchev–Trinajstić information content (AvgIpc) is 3.12. The number of hydrogen-bond donors (Lipinski definition) is 1. The zero-order valence-corrected chi connectivity index (χ0v) is 29.0. The number of nitrogens with one attached hydrogen (secondary N) is 1. The van der Waals surface area contributed by atoms with E-state index in [1.165, 1.54) is 57.8 Å². The molecule has 1 atom stereocenters. The van der Waals surface area contributed by atoms with Crippen LogP contribution in [0.25, 0.3) is 0 Å². The van der Waals surface area contributed by atoms with Crippen molar-refractivity contribution in [2.24, 2.45) is 0 Å². The van der Waals surface area contributed by atoms with E-state index in [1.54, 1.807) is 0 Å². The number of benzene rings is 2. The number of morpholine rings is 1. The van der Waals surface area contributed by atoms with Gasteiger partial charge in [0.1, 0.15) is 0 Å². The summed E-state index contributed by atoms with van der Waals surface area (Å²) in [5.41, 5.74) is 3.05. The minimum absolute atomic E-state index is 0.0873. The van der Waals surface area contributed by atoms with E-state index in [2.05, 4.69) is 60.3 Å². The predicted octanol–water partition coefficient (Wildman–Crippen LogP) is 7.00. The SMILES string of the molecule is CCCCCCCCCCCCN(C)C(CC)(Cc1ccc(C(=O)N2CCNCC2)cc1)C(=O)c1ccc(N2CCOCC2)cc1. The van der Waals surface area contributed by atoms with Gasteiger partial charge in [-0.25, -0.2) is 0 Å². The summed E-state index contributed by atoms with van der Waals surface area (Å²) in [5.74, 6) is 0.267. The lowest BCUT2D eigenvalue weighted by atomic mass is 9.79. The molecule has 7 nitrogen and oxygen atoms in total. The first kappa shape index (κ1) is 36.1. The first-order valence-corrected chi connectivity index (χ1v) is 18.3. The second-order valence-electron chi connectivity index (χ2n) is 13.4. The molecule has 1 N–H and O–H groups in total.